The third-order valence-electron chi connectivity index (χ3n) is 2.10. The second kappa shape index (κ2) is 4.63. The molecule has 82 valence electrons. The maximum Gasteiger partial charge on any atom is 0.239 e. The van der Waals surface area contributed by atoms with Crippen LogP contribution in [0.1, 0.15) is 0 Å². The monoisotopic (exact) mass is 211 g/mol. The van der Waals surface area contributed by atoms with Crippen LogP contribution in [0.15, 0.2) is 18.2 Å². The van der Waals surface area contributed by atoms with Gasteiger partial charge in [-0.15, -0.1) is 0 Å². The molecule has 3 N–H and O–H groups in total. The number of halogens is 1. The molecule has 1 amide bonds. The molecule has 0 saturated carbocycles. The Kier molecular flexibility index (Phi) is 3.49. The summed E-state index contributed by atoms with van der Waals surface area (Å²) in [5.41, 5.74) is 6.12. The Balaban J connectivity index is 2.86. The zero-order valence-corrected chi connectivity index (χ0v) is 8.75. The molecule has 0 atom stereocenters. The quantitative estimate of drug-likeness (QED) is 0.719. The molecule has 0 radical (unpaired) electrons. The molecule has 1 aromatic carbocycles. The average molecular weight is 211 g/mol. The van der Waals surface area contributed by atoms with Crippen molar-refractivity contribution in [3.05, 3.63) is 24.0 Å². The maximum atomic E-state index is 13.1. The van der Waals surface area contributed by atoms with Crippen LogP contribution in [-0.4, -0.2) is 26.5 Å². The Bertz CT molecular complexity index is 368. The molecule has 0 aliphatic rings. The second-order valence-electron chi connectivity index (χ2n) is 3.20. The van der Waals surface area contributed by atoms with E-state index in [1.807, 2.05) is 0 Å². The van der Waals surface area contributed by atoms with Crippen LogP contribution in [-0.2, 0) is 4.79 Å². The first kappa shape index (κ1) is 11.3. The van der Waals surface area contributed by atoms with Crippen molar-refractivity contribution in [3.8, 4) is 0 Å². The summed E-state index contributed by atoms with van der Waals surface area (Å²) in [5, 5.41) is 2.48. The van der Waals surface area contributed by atoms with Gasteiger partial charge in [0.15, 0.2) is 0 Å². The van der Waals surface area contributed by atoms with Crippen LogP contribution in [0.3, 0.4) is 0 Å². The van der Waals surface area contributed by atoms with Gasteiger partial charge in [0.2, 0.25) is 5.91 Å². The minimum absolute atomic E-state index is 0.0592. The van der Waals surface area contributed by atoms with Crippen LogP contribution >= 0.6 is 0 Å². The number of nitrogens with one attached hydrogen (secondary N) is 1. The third-order valence-corrected chi connectivity index (χ3v) is 2.10. The maximum absolute atomic E-state index is 13.1. The lowest BCUT2D eigenvalue weighted by Gasteiger charge is -2.20. The smallest absolute Gasteiger partial charge is 0.239 e. The number of carbonyl (C=O) groups excluding carboxylic acids is 1. The molecule has 0 spiro atoms. The number of benzene rings is 1. The van der Waals surface area contributed by atoms with Crippen LogP contribution in [0.5, 0.6) is 0 Å². The fourth-order valence-corrected chi connectivity index (χ4v) is 1.24. The Hall–Kier alpha value is -1.78. The standard InChI is InChI=1S/C10H14FN3O/c1-13-9(15)6-14(2)8-5-3-4-7(11)10(8)12/h3-5H,6,12H2,1-2H3,(H,13,15). The van der Waals surface area contributed by atoms with Gasteiger partial charge in [0.1, 0.15) is 5.82 Å². The molecule has 5 heteroatoms. The lowest BCUT2D eigenvalue weighted by Crippen LogP contribution is -2.33. The first-order valence-corrected chi connectivity index (χ1v) is 4.52. The highest BCUT2D eigenvalue weighted by Crippen LogP contribution is 2.24. The minimum Gasteiger partial charge on any atom is -0.395 e. The zero-order valence-electron chi connectivity index (χ0n) is 8.75. The summed E-state index contributed by atoms with van der Waals surface area (Å²) in [6, 6.07) is 4.51. The van der Waals surface area contributed by atoms with Crippen molar-refractivity contribution in [2.75, 3.05) is 31.3 Å². The number of likely N-dealkylation sites (N-methyl/N-ethyl adjacent to an activating group) is 2. The Morgan fingerprint density at radius 1 is 1.60 bits per heavy atom. The Labute approximate surface area is 87.9 Å². The molecule has 0 saturated heterocycles. The summed E-state index contributed by atoms with van der Waals surface area (Å²) >= 11 is 0. The van der Waals surface area contributed by atoms with E-state index in [1.165, 1.54) is 6.07 Å². The topological polar surface area (TPSA) is 58.4 Å². The summed E-state index contributed by atoms with van der Waals surface area (Å²) in [7, 11) is 3.23. The molecule has 0 aromatic heterocycles. The van der Waals surface area contributed by atoms with E-state index in [4.69, 9.17) is 5.73 Å². The summed E-state index contributed by atoms with van der Waals surface area (Å²) in [6.07, 6.45) is 0. The lowest BCUT2D eigenvalue weighted by atomic mass is 10.2. The molecule has 1 rings (SSSR count). The fourth-order valence-electron chi connectivity index (χ4n) is 1.24. The molecular weight excluding hydrogens is 197 g/mol. The molecule has 15 heavy (non-hydrogen) atoms. The number of nitrogens with two attached hydrogens (primary N) is 1. The summed E-state index contributed by atoms with van der Waals surface area (Å²) in [6.45, 7) is 0.143. The number of para-hydroxylation sites is 1. The van der Waals surface area contributed by atoms with E-state index < -0.39 is 5.82 Å². The van der Waals surface area contributed by atoms with Gasteiger partial charge in [-0.05, 0) is 12.1 Å². The Morgan fingerprint density at radius 3 is 2.87 bits per heavy atom. The molecule has 0 aliphatic heterocycles. The highest BCUT2D eigenvalue weighted by molar-refractivity contribution is 5.82. The van der Waals surface area contributed by atoms with E-state index in [1.54, 1.807) is 31.1 Å². The molecular formula is C10H14FN3O. The molecule has 4 nitrogen and oxygen atoms in total. The molecule has 0 aliphatic carbocycles. The Morgan fingerprint density at radius 2 is 2.27 bits per heavy atom. The van der Waals surface area contributed by atoms with Gasteiger partial charge in [0.25, 0.3) is 0 Å². The van der Waals surface area contributed by atoms with Gasteiger partial charge in [-0.25, -0.2) is 4.39 Å². The number of hydrogen-bond donors (Lipinski definition) is 2. The molecule has 0 heterocycles. The summed E-state index contributed by atoms with van der Waals surface area (Å²) < 4.78 is 13.1. The average Bonchev–Trinajstić information content (AvgIpc) is 2.21. The van der Waals surface area contributed by atoms with E-state index in [2.05, 4.69) is 5.32 Å². The number of nitrogens with zero attached hydrogens (tertiary/aromatic N) is 1. The van der Waals surface area contributed by atoms with E-state index in [0.29, 0.717) is 5.69 Å². The number of amides is 1. The lowest BCUT2D eigenvalue weighted by molar-refractivity contribution is -0.119. The van der Waals surface area contributed by atoms with E-state index in [-0.39, 0.29) is 18.1 Å². The second-order valence-corrected chi connectivity index (χ2v) is 3.20. The molecule has 1 aromatic rings. The van der Waals surface area contributed by atoms with E-state index >= 15 is 0 Å². The highest BCUT2D eigenvalue weighted by Gasteiger charge is 2.10. The van der Waals surface area contributed by atoms with Crippen LogP contribution in [0, 0.1) is 5.82 Å². The first-order chi connectivity index (χ1) is 7.06. The van der Waals surface area contributed by atoms with Crippen LogP contribution in [0.2, 0.25) is 0 Å². The molecule has 0 unspecified atom stereocenters. The van der Waals surface area contributed by atoms with Gasteiger partial charge in [-0.2, -0.15) is 0 Å². The molecule has 0 fully saturated rings. The fraction of sp³-hybridized carbons (Fsp3) is 0.300. The van der Waals surface area contributed by atoms with Crippen molar-refractivity contribution in [3.63, 3.8) is 0 Å². The SMILES string of the molecule is CNC(=O)CN(C)c1cccc(F)c1N. The zero-order chi connectivity index (χ0) is 11.4. The van der Waals surface area contributed by atoms with Crippen molar-refractivity contribution in [1.29, 1.82) is 0 Å². The summed E-state index contributed by atoms with van der Waals surface area (Å²) in [5.74, 6) is -0.627. The van der Waals surface area contributed by atoms with E-state index in [9.17, 15) is 9.18 Å². The van der Waals surface area contributed by atoms with Crippen molar-refractivity contribution < 1.29 is 9.18 Å². The summed E-state index contributed by atoms with van der Waals surface area (Å²) in [4.78, 5) is 12.7. The van der Waals surface area contributed by atoms with Crippen LogP contribution in [0.25, 0.3) is 0 Å². The van der Waals surface area contributed by atoms with Gasteiger partial charge >= 0.3 is 0 Å². The van der Waals surface area contributed by atoms with Gasteiger partial charge in [0.05, 0.1) is 17.9 Å². The normalized spacial score (nSPS) is 9.80. The van der Waals surface area contributed by atoms with Gasteiger partial charge in [-0.3, -0.25) is 4.79 Å². The first-order valence-electron chi connectivity index (χ1n) is 4.52. The van der Waals surface area contributed by atoms with Crippen molar-refractivity contribution >= 4 is 17.3 Å². The van der Waals surface area contributed by atoms with Gasteiger partial charge in [-0.1, -0.05) is 6.07 Å². The molecule has 0 bridgehead atoms. The minimum atomic E-state index is -0.476. The van der Waals surface area contributed by atoms with Crippen molar-refractivity contribution in [2.24, 2.45) is 0 Å². The highest BCUT2D eigenvalue weighted by atomic mass is 19.1. The van der Waals surface area contributed by atoms with Gasteiger partial charge in [0, 0.05) is 14.1 Å². The van der Waals surface area contributed by atoms with Gasteiger partial charge < -0.3 is 16.0 Å². The number of nitrogen functional groups attached to an aromatic ring is 1. The van der Waals surface area contributed by atoms with Crippen molar-refractivity contribution in [1.82, 2.24) is 5.32 Å². The largest absolute Gasteiger partial charge is 0.395 e. The third kappa shape index (κ3) is 2.59. The van der Waals surface area contributed by atoms with E-state index in [0.717, 1.165) is 0 Å². The number of anilines is 2. The van der Waals surface area contributed by atoms with Crippen molar-refractivity contribution in [2.45, 2.75) is 0 Å². The van der Waals surface area contributed by atoms with Crippen LogP contribution in [0.4, 0.5) is 15.8 Å². The predicted molar refractivity (Wildman–Crippen MR) is 58.1 cm³/mol. The number of carbonyl (C=O) groups is 1. The van der Waals surface area contributed by atoms with Crippen LogP contribution < -0.4 is 16.0 Å². The number of rotatable bonds is 3. The predicted octanol–water partition coefficient (Wildman–Crippen LogP) is 0.590. The number of hydrogen-bond acceptors (Lipinski definition) is 3.